The summed E-state index contributed by atoms with van der Waals surface area (Å²) >= 11 is 9.35. The molecule has 1 amide bonds. The van der Waals surface area contributed by atoms with Crippen LogP contribution in [-0.4, -0.2) is 47.7 Å². The lowest BCUT2D eigenvalue weighted by atomic mass is 10.1. The van der Waals surface area contributed by atoms with Gasteiger partial charge in [-0.25, -0.2) is 4.98 Å². The van der Waals surface area contributed by atoms with Crippen molar-refractivity contribution in [2.24, 2.45) is 0 Å². The van der Waals surface area contributed by atoms with Crippen molar-refractivity contribution in [2.75, 3.05) is 36.8 Å². The van der Waals surface area contributed by atoms with E-state index in [1.54, 1.807) is 23.1 Å². The number of carbonyl (C=O) groups excluding carboxylic acids is 1. The molecule has 0 aliphatic rings. The standard InChI is InChI=1S/C25H32ClN3OS2/c1-5-28(6-2)13-14-29(25-27-22-17-18(3)16-19(4)24(22)32-25)23(30)8-7-15-31-21-11-9-20(26)10-12-21/h9-12,16-17H,5-8,13-15H2,1-4H3. The summed E-state index contributed by atoms with van der Waals surface area (Å²) in [5.74, 6) is 1.05. The van der Waals surface area contributed by atoms with Crippen molar-refractivity contribution in [3.63, 3.8) is 0 Å². The first kappa shape index (κ1) is 25.0. The number of hydrogen-bond acceptors (Lipinski definition) is 5. The molecule has 1 heterocycles. The summed E-state index contributed by atoms with van der Waals surface area (Å²) in [7, 11) is 0. The third kappa shape index (κ3) is 6.70. The summed E-state index contributed by atoms with van der Waals surface area (Å²) in [5.41, 5.74) is 3.41. The molecule has 4 nitrogen and oxygen atoms in total. The van der Waals surface area contributed by atoms with Gasteiger partial charge < -0.3 is 4.90 Å². The number of thioether (sulfide) groups is 1. The molecule has 0 aliphatic carbocycles. The lowest BCUT2D eigenvalue weighted by Gasteiger charge is -2.24. The monoisotopic (exact) mass is 489 g/mol. The lowest BCUT2D eigenvalue weighted by molar-refractivity contribution is -0.118. The van der Waals surface area contributed by atoms with Crippen LogP contribution < -0.4 is 4.90 Å². The van der Waals surface area contributed by atoms with Crippen LogP contribution in [-0.2, 0) is 4.79 Å². The summed E-state index contributed by atoms with van der Waals surface area (Å²) < 4.78 is 1.17. The van der Waals surface area contributed by atoms with Crippen LogP contribution in [0.2, 0.25) is 5.02 Å². The Morgan fingerprint density at radius 3 is 2.50 bits per heavy atom. The number of likely N-dealkylation sites (N-methyl/N-ethyl adjacent to an activating group) is 1. The fourth-order valence-corrected chi connectivity index (χ4v) is 5.71. The third-order valence-corrected chi connectivity index (χ3v) is 8.07. The average Bonchev–Trinajstić information content (AvgIpc) is 3.19. The number of halogens is 1. The molecule has 7 heteroatoms. The first-order valence-electron chi connectivity index (χ1n) is 11.2. The minimum Gasteiger partial charge on any atom is -0.302 e. The molecule has 0 bridgehead atoms. The van der Waals surface area contributed by atoms with Crippen LogP contribution in [0, 0.1) is 13.8 Å². The Labute approximate surface area is 205 Å². The maximum atomic E-state index is 13.3. The van der Waals surface area contributed by atoms with E-state index < -0.39 is 0 Å². The molecule has 3 rings (SSSR count). The molecule has 172 valence electrons. The molecule has 1 aromatic heterocycles. The number of nitrogens with zero attached hydrogens (tertiary/aromatic N) is 3. The number of carbonyl (C=O) groups is 1. The predicted molar refractivity (Wildman–Crippen MR) is 141 cm³/mol. The number of anilines is 1. The summed E-state index contributed by atoms with van der Waals surface area (Å²) in [5, 5.41) is 1.56. The zero-order valence-electron chi connectivity index (χ0n) is 19.4. The Kier molecular flexibility index (Phi) is 9.41. The second-order valence-electron chi connectivity index (χ2n) is 7.90. The number of rotatable bonds is 11. The third-order valence-electron chi connectivity index (χ3n) is 5.49. The van der Waals surface area contributed by atoms with Gasteiger partial charge in [0.15, 0.2) is 5.13 Å². The van der Waals surface area contributed by atoms with E-state index in [1.165, 1.54) is 20.7 Å². The molecule has 0 fully saturated rings. The van der Waals surface area contributed by atoms with E-state index >= 15 is 0 Å². The van der Waals surface area contributed by atoms with Crippen LogP contribution in [0.1, 0.15) is 37.8 Å². The van der Waals surface area contributed by atoms with Gasteiger partial charge in [0, 0.05) is 29.4 Å². The van der Waals surface area contributed by atoms with Crippen molar-refractivity contribution in [3.8, 4) is 0 Å². The molecule has 0 atom stereocenters. The number of thiazole rings is 1. The highest BCUT2D eigenvalue weighted by Gasteiger charge is 2.21. The van der Waals surface area contributed by atoms with Crippen LogP contribution in [0.15, 0.2) is 41.3 Å². The lowest BCUT2D eigenvalue weighted by Crippen LogP contribution is -2.38. The Bertz CT molecular complexity index is 1030. The molecular formula is C25H32ClN3OS2. The molecule has 3 aromatic rings. The summed E-state index contributed by atoms with van der Waals surface area (Å²) in [4.78, 5) is 23.6. The highest BCUT2D eigenvalue weighted by atomic mass is 35.5. The van der Waals surface area contributed by atoms with Crippen molar-refractivity contribution in [2.45, 2.75) is 45.4 Å². The van der Waals surface area contributed by atoms with E-state index in [0.29, 0.717) is 13.0 Å². The second kappa shape index (κ2) is 12.0. The molecule has 0 radical (unpaired) electrons. The zero-order valence-corrected chi connectivity index (χ0v) is 21.7. The molecular weight excluding hydrogens is 458 g/mol. The number of hydrogen-bond donors (Lipinski definition) is 0. The van der Waals surface area contributed by atoms with E-state index in [0.717, 1.165) is 47.5 Å². The Hall–Kier alpha value is -1.60. The first-order chi connectivity index (χ1) is 15.4. The minimum atomic E-state index is 0.155. The molecule has 0 spiro atoms. The van der Waals surface area contributed by atoms with Gasteiger partial charge in [0.1, 0.15) is 0 Å². The van der Waals surface area contributed by atoms with Crippen molar-refractivity contribution in [3.05, 3.63) is 52.5 Å². The van der Waals surface area contributed by atoms with Crippen molar-refractivity contribution in [1.29, 1.82) is 0 Å². The van der Waals surface area contributed by atoms with E-state index in [-0.39, 0.29) is 5.91 Å². The summed E-state index contributed by atoms with van der Waals surface area (Å²) in [6, 6.07) is 12.1. The van der Waals surface area contributed by atoms with Gasteiger partial charge in [0.05, 0.1) is 10.2 Å². The molecule has 0 saturated carbocycles. The van der Waals surface area contributed by atoms with Crippen LogP contribution in [0.4, 0.5) is 5.13 Å². The molecule has 0 aliphatic heterocycles. The van der Waals surface area contributed by atoms with Gasteiger partial charge in [-0.2, -0.15) is 0 Å². The Morgan fingerprint density at radius 1 is 1.09 bits per heavy atom. The largest absolute Gasteiger partial charge is 0.302 e. The van der Waals surface area contributed by atoms with Gasteiger partial charge >= 0.3 is 0 Å². The van der Waals surface area contributed by atoms with E-state index in [9.17, 15) is 4.79 Å². The highest BCUT2D eigenvalue weighted by Crippen LogP contribution is 2.32. The fraction of sp³-hybridized carbons (Fsp3) is 0.440. The van der Waals surface area contributed by atoms with Crippen molar-refractivity contribution in [1.82, 2.24) is 9.88 Å². The quantitative estimate of drug-likeness (QED) is 0.219. The van der Waals surface area contributed by atoms with Crippen molar-refractivity contribution < 1.29 is 4.79 Å². The number of amides is 1. The van der Waals surface area contributed by atoms with Crippen LogP contribution in [0.5, 0.6) is 0 Å². The highest BCUT2D eigenvalue weighted by molar-refractivity contribution is 7.99. The maximum absolute atomic E-state index is 13.3. The molecule has 0 unspecified atom stereocenters. The molecule has 32 heavy (non-hydrogen) atoms. The second-order valence-corrected chi connectivity index (χ2v) is 10.5. The predicted octanol–water partition coefficient (Wildman–Crippen LogP) is 6.81. The van der Waals surface area contributed by atoms with Crippen molar-refractivity contribution >= 4 is 56.0 Å². The van der Waals surface area contributed by atoms with Crippen LogP contribution in [0.3, 0.4) is 0 Å². The molecule has 0 saturated heterocycles. The number of fused-ring (bicyclic) bond motifs is 1. The fourth-order valence-electron chi connectivity index (χ4n) is 3.67. The minimum absolute atomic E-state index is 0.155. The van der Waals surface area contributed by atoms with Gasteiger partial charge in [-0.15, -0.1) is 11.8 Å². The molecule has 2 aromatic carbocycles. The van der Waals surface area contributed by atoms with Crippen LogP contribution >= 0.6 is 34.7 Å². The topological polar surface area (TPSA) is 36.4 Å². The van der Waals surface area contributed by atoms with E-state index in [1.807, 2.05) is 29.2 Å². The van der Waals surface area contributed by atoms with E-state index in [4.69, 9.17) is 16.6 Å². The number of benzene rings is 2. The Balaban J connectivity index is 1.69. The molecule has 0 N–H and O–H groups in total. The van der Waals surface area contributed by atoms with Gasteiger partial charge in [-0.1, -0.05) is 42.9 Å². The Morgan fingerprint density at radius 2 is 1.81 bits per heavy atom. The van der Waals surface area contributed by atoms with Gasteiger partial charge in [-0.3, -0.25) is 9.69 Å². The van der Waals surface area contributed by atoms with Crippen LogP contribution in [0.25, 0.3) is 10.2 Å². The summed E-state index contributed by atoms with van der Waals surface area (Å²) in [6.07, 6.45) is 1.35. The average molecular weight is 490 g/mol. The van der Waals surface area contributed by atoms with E-state index in [2.05, 4.69) is 44.7 Å². The first-order valence-corrected chi connectivity index (χ1v) is 13.4. The van der Waals surface area contributed by atoms with Gasteiger partial charge in [0.2, 0.25) is 5.91 Å². The van der Waals surface area contributed by atoms with Gasteiger partial charge in [-0.05, 0) is 80.6 Å². The van der Waals surface area contributed by atoms with Gasteiger partial charge in [0.25, 0.3) is 0 Å². The smallest absolute Gasteiger partial charge is 0.228 e. The zero-order chi connectivity index (χ0) is 23.1. The summed E-state index contributed by atoms with van der Waals surface area (Å²) in [6.45, 7) is 12.0. The maximum Gasteiger partial charge on any atom is 0.228 e. The number of aryl methyl sites for hydroxylation is 2. The normalized spacial score (nSPS) is 11.4. The SMILES string of the molecule is CCN(CC)CCN(C(=O)CCCSc1ccc(Cl)cc1)c1nc2cc(C)cc(C)c2s1. The number of aromatic nitrogens is 1.